The quantitative estimate of drug-likeness (QED) is 0.270. The lowest BCUT2D eigenvalue weighted by Crippen LogP contribution is -1.98. The van der Waals surface area contributed by atoms with Crippen LogP contribution in [0, 0.1) is 0 Å². The monoisotopic (exact) mass is 377 g/mol. The van der Waals surface area contributed by atoms with Crippen molar-refractivity contribution in [2.24, 2.45) is 0 Å². The molecule has 5 aromatic carbocycles. The zero-order valence-corrected chi connectivity index (χ0v) is 16.1. The molecule has 0 amide bonds. The summed E-state index contributed by atoms with van der Waals surface area (Å²) >= 11 is 1.82. The van der Waals surface area contributed by atoms with E-state index in [-0.39, 0.29) is 0 Å². The summed E-state index contributed by atoms with van der Waals surface area (Å²) in [5, 5.41) is 8.72. The van der Waals surface area contributed by atoms with Crippen molar-refractivity contribution in [3.05, 3.63) is 109 Å². The highest BCUT2D eigenvalue weighted by atomic mass is 32.2. The van der Waals surface area contributed by atoms with Crippen molar-refractivity contribution in [2.45, 2.75) is 9.79 Å². The van der Waals surface area contributed by atoms with Gasteiger partial charge in [-0.05, 0) is 45.8 Å². The largest absolute Gasteiger partial charge is 0.354 e. The van der Waals surface area contributed by atoms with Crippen molar-refractivity contribution in [3.8, 4) is 0 Å². The van der Waals surface area contributed by atoms with Crippen LogP contribution >= 0.6 is 11.8 Å². The fourth-order valence-corrected chi connectivity index (χ4v) is 4.52. The highest BCUT2D eigenvalue weighted by Gasteiger charge is 2.13. The van der Waals surface area contributed by atoms with E-state index in [1.165, 1.54) is 42.7 Å². The van der Waals surface area contributed by atoms with Crippen LogP contribution in [0.25, 0.3) is 21.5 Å². The zero-order valence-electron chi connectivity index (χ0n) is 15.3. The summed E-state index contributed by atoms with van der Waals surface area (Å²) in [6, 6.07) is 38.1. The van der Waals surface area contributed by atoms with E-state index in [0.717, 1.165) is 0 Å². The molecule has 0 saturated heterocycles. The van der Waals surface area contributed by atoms with Crippen molar-refractivity contribution in [1.82, 2.24) is 0 Å². The fraction of sp³-hybridized carbons (Fsp3) is 0. The molecule has 6 rings (SSSR count). The maximum Gasteiger partial charge on any atom is 0.0526 e. The Labute approximate surface area is 169 Å². The molecular formula is C26H19NS. The average molecular weight is 378 g/mol. The van der Waals surface area contributed by atoms with Crippen LogP contribution in [-0.2, 0) is 0 Å². The molecule has 0 radical (unpaired) electrons. The van der Waals surface area contributed by atoms with Crippen LogP contribution in [0.15, 0.2) is 119 Å². The third-order valence-corrected chi connectivity index (χ3v) is 6.07. The molecule has 0 atom stereocenters. The molecular weight excluding hydrogens is 358 g/mol. The molecule has 2 heteroatoms. The lowest BCUT2D eigenvalue weighted by molar-refractivity contribution is 1.32. The van der Waals surface area contributed by atoms with Gasteiger partial charge in [-0.15, -0.1) is 0 Å². The number of fused-ring (bicyclic) bond motifs is 5. The maximum absolute atomic E-state index is 3.42. The number of nitrogens with one attached hydrogen (secondary N) is 1. The first-order valence-electron chi connectivity index (χ1n) is 9.38. The van der Waals surface area contributed by atoms with Gasteiger partial charge >= 0.3 is 0 Å². The smallest absolute Gasteiger partial charge is 0.0526 e. The number of hydrogen-bond acceptors (Lipinski definition) is 2. The number of benzene rings is 5. The summed E-state index contributed by atoms with van der Waals surface area (Å²) in [6.07, 6.45) is 0. The Morgan fingerprint density at radius 2 is 0.857 bits per heavy atom. The summed E-state index contributed by atoms with van der Waals surface area (Å²) in [4.78, 5) is 2.59. The Bertz CT molecular complexity index is 1130. The maximum atomic E-state index is 3.42. The highest BCUT2D eigenvalue weighted by Crippen LogP contribution is 2.43. The van der Waals surface area contributed by atoms with Crippen molar-refractivity contribution in [2.75, 3.05) is 5.32 Å². The number of rotatable bonds is 0. The second-order valence-electron chi connectivity index (χ2n) is 6.73. The Morgan fingerprint density at radius 1 is 0.429 bits per heavy atom. The normalized spacial score (nSPS) is 11.7. The molecule has 0 saturated carbocycles. The van der Waals surface area contributed by atoms with E-state index in [9.17, 15) is 0 Å². The number of anilines is 2. The summed E-state index contributed by atoms with van der Waals surface area (Å²) in [5.74, 6) is 0. The van der Waals surface area contributed by atoms with Crippen molar-refractivity contribution in [3.63, 3.8) is 0 Å². The van der Waals surface area contributed by atoms with Crippen LogP contribution in [0.2, 0.25) is 0 Å². The highest BCUT2D eigenvalue weighted by molar-refractivity contribution is 7.99. The van der Waals surface area contributed by atoms with Gasteiger partial charge in [-0.2, -0.15) is 0 Å². The first-order chi connectivity index (χ1) is 13.9. The second-order valence-corrected chi connectivity index (χ2v) is 7.81. The molecule has 28 heavy (non-hydrogen) atoms. The van der Waals surface area contributed by atoms with Gasteiger partial charge in [-0.1, -0.05) is 96.7 Å². The first kappa shape index (κ1) is 16.9. The fourth-order valence-electron chi connectivity index (χ4n) is 3.54. The Hall–Kier alpha value is -3.23. The van der Waals surface area contributed by atoms with Crippen molar-refractivity contribution < 1.29 is 0 Å². The molecule has 0 aromatic heterocycles. The van der Waals surface area contributed by atoms with Gasteiger partial charge in [0.05, 0.1) is 11.4 Å². The molecule has 0 aliphatic carbocycles. The van der Waals surface area contributed by atoms with Crippen LogP contribution in [0.3, 0.4) is 0 Å². The standard InChI is InChI=1S/C14H10.C12H9NS/c1-3-7-13-11(5-1)9-10-12-6-2-4-8-14(12)13;1-3-7-11-9(5-1)13-10-6-2-4-8-12(10)14-11/h1-10H;1-8,13H. The Morgan fingerprint density at radius 3 is 1.39 bits per heavy atom. The topological polar surface area (TPSA) is 12.0 Å². The molecule has 1 aliphatic heterocycles. The van der Waals surface area contributed by atoms with Gasteiger partial charge in [0.15, 0.2) is 0 Å². The lowest BCUT2D eigenvalue weighted by Gasteiger charge is -2.19. The van der Waals surface area contributed by atoms with Crippen LogP contribution in [-0.4, -0.2) is 0 Å². The molecule has 1 nitrogen and oxygen atoms in total. The number of para-hydroxylation sites is 2. The van der Waals surface area contributed by atoms with Crippen LogP contribution in [0.4, 0.5) is 11.4 Å². The predicted octanol–water partition coefficient (Wildman–Crippen LogP) is 7.89. The van der Waals surface area contributed by atoms with Gasteiger partial charge in [-0.25, -0.2) is 0 Å². The van der Waals surface area contributed by atoms with Gasteiger partial charge in [-0.3, -0.25) is 0 Å². The van der Waals surface area contributed by atoms with E-state index in [0.29, 0.717) is 0 Å². The molecule has 5 aromatic rings. The molecule has 1 aliphatic rings. The van der Waals surface area contributed by atoms with Crippen molar-refractivity contribution in [1.29, 1.82) is 0 Å². The molecule has 0 bridgehead atoms. The number of hydrogen-bond donors (Lipinski definition) is 1. The lowest BCUT2D eigenvalue weighted by atomic mass is 10.0. The average Bonchev–Trinajstić information content (AvgIpc) is 2.78. The zero-order chi connectivity index (χ0) is 18.8. The van der Waals surface area contributed by atoms with Gasteiger partial charge in [0.2, 0.25) is 0 Å². The van der Waals surface area contributed by atoms with E-state index in [1.807, 2.05) is 11.8 Å². The van der Waals surface area contributed by atoms with E-state index in [1.54, 1.807) is 0 Å². The van der Waals surface area contributed by atoms with E-state index < -0.39 is 0 Å². The third kappa shape index (κ3) is 3.23. The molecule has 0 spiro atoms. The second kappa shape index (κ2) is 7.41. The van der Waals surface area contributed by atoms with E-state index in [2.05, 4.69) is 115 Å². The molecule has 0 fully saturated rings. The van der Waals surface area contributed by atoms with Crippen LogP contribution in [0.5, 0.6) is 0 Å². The predicted molar refractivity (Wildman–Crippen MR) is 122 cm³/mol. The minimum Gasteiger partial charge on any atom is -0.354 e. The van der Waals surface area contributed by atoms with Gasteiger partial charge < -0.3 is 5.32 Å². The van der Waals surface area contributed by atoms with E-state index >= 15 is 0 Å². The minimum atomic E-state index is 1.20. The van der Waals surface area contributed by atoms with E-state index in [4.69, 9.17) is 0 Å². The first-order valence-corrected chi connectivity index (χ1v) is 10.2. The summed E-state index contributed by atoms with van der Waals surface area (Å²) in [5.41, 5.74) is 2.41. The molecule has 0 unspecified atom stereocenters. The van der Waals surface area contributed by atoms with Crippen LogP contribution in [0.1, 0.15) is 0 Å². The SMILES string of the molecule is c1ccc2c(c1)Nc1ccccc1S2.c1ccc2c(c1)ccc1ccccc12. The summed E-state index contributed by atoms with van der Waals surface area (Å²) < 4.78 is 0. The van der Waals surface area contributed by atoms with Crippen molar-refractivity contribution >= 4 is 44.7 Å². The molecule has 134 valence electrons. The van der Waals surface area contributed by atoms with Crippen LogP contribution < -0.4 is 5.32 Å². The van der Waals surface area contributed by atoms with Gasteiger partial charge in [0.1, 0.15) is 0 Å². The van der Waals surface area contributed by atoms with Gasteiger partial charge in [0, 0.05) is 9.79 Å². The third-order valence-electron chi connectivity index (χ3n) is 4.92. The summed E-state index contributed by atoms with van der Waals surface area (Å²) in [6.45, 7) is 0. The molecule has 1 N–H and O–H groups in total. The Balaban J connectivity index is 0.000000122. The van der Waals surface area contributed by atoms with Gasteiger partial charge in [0.25, 0.3) is 0 Å². The minimum absolute atomic E-state index is 1.20. The molecule has 1 heterocycles. The Kier molecular flexibility index (Phi) is 4.48. The summed E-state index contributed by atoms with van der Waals surface area (Å²) in [7, 11) is 0.